The van der Waals surface area contributed by atoms with Gasteiger partial charge < -0.3 is 5.73 Å². The lowest BCUT2D eigenvalue weighted by Gasteiger charge is -2.18. The van der Waals surface area contributed by atoms with E-state index in [0.29, 0.717) is 11.3 Å². The van der Waals surface area contributed by atoms with Gasteiger partial charge in [-0.1, -0.05) is 25.8 Å². The van der Waals surface area contributed by atoms with Gasteiger partial charge in [0.1, 0.15) is 5.69 Å². The van der Waals surface area contributed by atoms with E-state index in [2.05, 4.69) is 33.1 Å². The molecule has 0 spiro atoms. The summed E-state index contributed by atoms with van der Waals surface area (Å²) in [4.78, 5) is 16.3. The summed E-state index contributed by atoms with van der Waals surface area (Å²) in [6, 6.07) is 17.1. The third-order valence-electron chi connectivity index (χ3n) is 5.33. The van der Waals surface area contributed by atoms with Crippen LogP contribution in [0, 0.1) is 29.1 Å². The number of nitrogens with two attached hydrogens (primary N) is 1. The van der Waals surface area contributed by atoms with Crippen LogP contribution in [-0.2, 0) is 4.79 Å². The van der Waals surface area contributed by atoms with Crippen LogP contribution in [0.15, 0.2) is 60.9 Å². The van der Waals surface area contributed by atoms with Crippen molar-refractivity contribution in [3.8, 4) is 29.0 Å². The zero-order valence-corrected chi connectivity index (χ0v) is 17.8. The van der Waals surface area contributed by atoms with Crippen molar-refractivity contribution in [1.29, 1.82) is 5.26 Å². The molecule has 2 aromatic heterocycles. The van der Waals surface area contributed by atoms with E-state index >= 15 is 0 Å². The molecule has 0 bridgehead atoms. The number of primary amides is 1. The van der Waals surface area contributed by atoms with Gasteiger partial charge in [0.15, 0.2) is 0 Å². The van der Waals surface area contributed by atoms with Gasteiger partial charge >= 0.3 is 0 Å². The maximum Gasteiger partial charge on any atom is 0.225 e. The molecule has 32 heavy (non-hydrogen) atoms. The molecule has 0 aliphatic rings. The van der Waals surface area contributed by atoms with Crippen molar-refractivity contribution >= 4 is 16.8 Å². The molecule has 2 aromatic carbocycles. The number of amides is 1. The normalized spacial score (nSPS) is 11.6. The number of nitrogens with zero attached hydrogens (tertiary/aromatic N) is 3. The molecule has 1 atom stereocenters. The van der Waals surface area contributed by atoms with Crippen molar-refractivity contribution in [2.24, 2.45) is 11.7 Å². The minimum absolute atomic E-state index is 0.0741. The van der Waals surface area contributed by atoms with E-state index in [1.54, 1.807) is 24.5 Å². The summed E-state index contributed by atoms with van der Waals surface area (Å²) in [5.41, 5.74) is 11.2. The molecule has 0 aliphatic carbocycles. The lowest BCUT2D eigenvalue weighted by molar-refractivity contribution is -0.120. The highest BCUT2D eigenvalue weighted by molar-refractivity contribution is 5.89. The number of hydrogen-bond acceptors (Lipinski definition) is 4. The van der Waals surface area contributed by atoms with Crippen molar-refractivity contribution < 1.29 is 4.79 Å². The van der Waals surface area contributed by atoms with Gasteiger partial charge in [-0.2, -0.15) is 10.4 Å². The third-order valence-corrected chi connectivity index (χ3v) is 5.33. The van der Waals surface area contributed by atoms with Crippen LogP contribution in [0.4, 0.5) is 0 Å². The molecular formula is C26H21N5O. The molecule has 1 amide bonds. The molecule has 0 saturated heterocycles. The zero-order valence-electron chi connectivity index (χ0n) is 17.8. The van der Waals surface area contributed by atoms with Crippen LogP contribution < -0.4 is 5.73 Å². The summed E-state index contributed by atoms with van der Waals surface area (Å²) in [6.07, 6.45) is 3.47. The third kappa shape index (κ3) is 4.21. The molecule has 1 unspecified atom stereocenters. The fraction of sp³-hybridized carbons (Fsp3) is 0.154. The molecule has 156 valence electrons. The number of nitrogens with one attached hydrogen (secondary N) is 1. The fourth-order valence-electron chi connectivity index (χ4n) is 3.71. The quantitative estimate of drug-likeness (QED) is 0.485. The van der Waals surface area contributed by atoms with Crippen molar-refractivity contribution in [3.05, 3.63) is 83.3 Å². The lowest BCUT2D eigenvalue weighted by atomic mass is 9.87. The van der Waals surface area contributed by atoms with E-state index in [1.165, 1.54) is 0 Å². The van der Waals surface area contributed by atoms with Gasteiger partial charge in [-0.15, -0.1) is 0 Å². The summed E-state index contributed by atoms with van der Waals surface area (Å²) < 4.78 is 0. The Hall–Kier alpha value is -4.42. The van der Waals surface area contributed by atoms with Crippen LogP contribution in [0.2, 0.25) is 0 Å². The Morgan fingerprint density at radius 1 is 1.00 bits per heavy atom. The number of H-pyrrole nitrogens is 1. The first kappa shape index (κ1) is 20.8. The van der Waals surface area contributed by atoms with Gasteiger partial charge in [-0.25, -0.2) is 0 Å². The van der Waals surface area contributed by atoms with Gasteiger partial charge in [-0.3, -0.25) is 14.9 Å². The average Bonchev–Trinajstić information content (AvgIpc) is 3.20. The second-order valence-electron chi connectivity index (χ2n) is 7.90. The number of hydrogen-bond donors (Lipinski definition) is 2. The number of pyridine rings is 1. The number of nitriles is 1. The largest absolute Gasteiger partial charge is 0.369 e. The van der Waals surface area contributed by atoms with E-state index in [-0.39, 0.29) is 11.8 Å². The number of benzene rings is 2. The Balaban J connectivity index is 1.71. The molecular weight excluding hydrogens is 398 g/mol. The van der Waals surface area contributed by atoms with Gasteiger partial charge in [-0.05, 0) is 65.4 Å². The number of fused-ring (bicyclic) bond motifs is 1. The minimum Gasteiger partial charge on any atom is -0.369 e. The molecule has 0 fully saturated rings. The standard InChI is InChI=1S/C26H21N5O/c1-16(2)25(26(28)32)21-11-20(14-29-15-21)19-8-10-24-22(12-19)23(30-31-24)9-7-17-3-5-18(13-27)6-4-17/h3-6,8,10-12,14-16,25H,1-2H3,(H2,28,32)(H,30,31). The smallest absolute Gasteiger partial charge is 0.225 e. The van der Waals surface area contributed by atoms with Crippen molar-refractivity contribution in [2.45, 2.75) is 19.8 Å². The Bertz CT molecular complexity index is 1400. The molecule has 0 aliphatic heterocycles. The highest BCUT2D eigenvalue weighted by Gasteiger charge is 2.22. The van der Waals surface area contributed by atoms with Crippen molar-refractivity contribution in [1.82, 2.24) is 15.2 Å². The Kier molecular flexibility index (Phi) is 5.70. The Labute approximate surface area is 186 Å². The number of carbonyl (C=O) groups excluding carboxylic acids is 1. The second-order valence-corrected chi connectivity index (χ2v) is 7.90. The van der Waals surface area contributed by atoms with Gasteiger partial charge in [0.05, 0.1) is 23.1 Å². The van der Waals surface area contributed by atoms with Gasteiger partial charge in [0.25, 0.3) is 0 Å². The van der Waals surface area contributed by atoms with Crippen LogP contribution in [0.5, 0.6) is 0 Å². The van der Waals surface area contributed by atoms with Crippen LogP contribution in [-0.4, -0.2) is 21.1 Å². The monoisotopic (exact) mass is 419 g/mol. The number of aromatic amines is 1. The molecule has 4 rings (SSSR count). The van der Waals surface area contributed by atoms with Crippen LogP contribution >= 0.6 is 0 Å². The summed E-state index contributed by atoms with van der Waals surface area (Å²) in [7, 11) is 0. The number of rotatable bonds is 4. The van der Waals surface area contributed by atoms with E-state index in [0.717, 1.165) is 33.2 Å². The first-order valence-corrected chi connectivity index (χ1v) is 10.2. The topological polar surface area (TPSA) is 108 Å². The van der Waals surface area contributed by atoms with E-state index in [1.807, 2.05) is 50.2 Å². The van der Waals surface area contributed by atoms with E-state index < -0.39 is 5.92 Å². The summed E-state index contributed by atoms with van der Waals surface area (Å²) in [5.74, 6) is 5.52. The SMILES string of the molecule is CC(C)C(C(N)=O)c1cncc(-c2ccc3[nH]nc(C#Cc4ccc(C#N)cc4)c3c2)c1. The first-order chi connectivity index (χ1) is 15.5. The Morgan fingerprint density at radius 3 is 2.44 bits per heavy atom. The highest BCUT2D eigenvalue weighted by Crippen LogP contribution is 2.29. The zero-order chi connectivity index (χ0) is 22.7. The van der Waals surface area contributed by atoms with Crippen LogP contribution in [0.3, 0.4) is 0 Å². The molecule has 0 saturated carbocycles. The summed E-state index contributed by atoms with van der Waals surface area (Å²) >= 11 is 0. The fourth-order valence-corrected chi connectivity index (χ4v) is 3.71. The highest BCUT2D eigenvalue weighted by atomic mass is 16.1. The predicted molar refractivity (Wildman–Crippen MR) is 123 cm³/mol. The number of aromatic nitrogens is 3. The van der Waals surface area contributed by atoms with Crippen LogP contribution in [0.1, 0.15) is 42.1 Å². The van der Waals surface area contributed by atoms with Gasteiger partial charge in [0, 0.05) is 28.9 Å². The van der Waals surface area contributed by atoms with Crippen molar-refractivity contribution in [3.63, 3.8) is 0 Å². The molecule has 3 N–H and O–H groups in total. The maximum atomic E-state index is 11.9. The maximum absolute atomic E-state index is 11.9. The molecule has 4 aromatic rings. The minimum atomic E-state index is -0.394. The van der Waals surface area contributed by atoms with Crippen LogP contribution in [0.25, 0.3) is 22.0 Å². The molecule has 2 heterocycles. The molecule has 0 radical (unpaired) electrons. The molecule has 6 heteroatoms. The summed E-state index contributed by atoms with van der Waals surface area (Å²) in [5, 5.41) is 17.2. The predicted octanol–water partition coefficient (Wildman–Crippen LogP) is 4.12. The Morgan fingerprint density at radius 2 is 1.75 bits per heavy atom. The average molecular weight is 419 g/mol. The number of carbonyl (C=O) groups is 1. The van der Waals surface area contributed by atoms with Crippen molar-refractivity contribution in [2.75, 3.05) is 0 Å². The lowest BCUT2D eigenvalue weighted by Crippen LogP contribution is -2.25. The van der Waals surface area contributed by atoms with Gasteiger partial charge in [0.2, 0.25) is 5.91 Å². The first-order valence-electron chi connectivity index (χ1n) is 10.2. The molecule has 6 nitrogen and oxygen atoms in total. The summed E-state index contributed by atoms with van der Waals surface area (Å²) in [6.45, 7) is 3.94. The van der Waals surface area contributed by atoms with E-state index in [9.17, 15) is 4.79 Å². The second kappa shape index (κ2) is 8.75. The van der Waals surface area contributed by atoms with E-state index in [4.69, 9.17) is 11.0 Å².